The molecule has 0 saturated heterocycles. The quantitative estimate of drug-likeness (QED) is 0.693. The summed E-state index contributed by atoms with van der Waals surface area (Å²) >= 11 is 1.60. The number of hydrogen-bond acceptors (Lipinski definition) is 7. The smallest absolute Gasteiger partial charge is 0.336 e. The van der Waals surface area contributed by atoms with E-state index in [9.17, 15) is 9.59 Å². The van der Waals surface area contributed by atoms with Gasteiger partial charge in [-0.1, -0.05) is 18.2 Å². The standard InChI is InChI=1S/C21H21NO5S/c1-25-15-7-4-6-14(10-15)19-17(20(23)26-2)12-22(11-16-8-5-9-28-16)13-18(19)21(24)27-3/h4-10,12-13,19H,11H2,1-3H3. The van der Waals surface area contributed by atoms with Crippen LogP contribution in [0.5, 0.6) is 5.75 Å². The third-order valence-electron chi connectivity index (χ3n) is 4.42. The van der Waals surface area contributed by atoms with E-state index in [0.717, 1.165) is 10.4 Å². The molecule has 3 rings (SSSR count). The van der Waals surface area contributed by atoms with Gasteiger partial charge in [0.25, 0.3) is 0 Å². The highest BCUT2D eigenvalue weighted by Crippen LogP contribution is 2.38. The van der Waals surface area contributed by atoms with Crippen molar-refractivity contribution >= 4 is 23.3 Å². The number of rotatable bonds is 6. The molecule has 0 fully saturated rings. The molecule has 1 aliphatic rings. The van der Waals surface area contributed by atoms with Gasteiger partial charge >= 0.3 is 11.9 Å². The van der Waals surface area contributed by atoms with Crippen molar-refractivity contribution in [2.24, 2.45) is 0 Å². The summed E-state index contributed by atoms with van der Waals surface area (Å²) in [6.45, 7) is 0.531. The first-order chi connectivity index (χ1) is 13.6. The van der Waals surface area contributed by atoms with E-state index in [0.29, 0.717) is 23.4 Å². The van der Waals surface area contributed by atoms with E-state index in [1.54, 1.807) is 47.9 Å². The molecule has 0 spiro atoms. The van der Waals surface area contributed by atoms with Crippen LogP contribution in [0.15, 0.2) is 65.3 Å². The SMILES string of the molecule is COC(=O)C1=CN(Cc2cccs2)C=C(C(=O)OC)C1c1cccc(OC)c1. The first kappa shape index (κ1) is 19.7. The normalized spacial score (nSPS) is 14.2. The summed E-state index contributed by atoms with van der Waals surface area (Å²) in [6, 6.07) is 11.2. The van der Waals surface area contributed by atoms with Gasteiger partial charge in [0.2, 0.25) is 0 Å². The molecule has 28 heavy (non-hydrogen) atoms. The maximum atomic E-state index is 12.6. The molecule has 146 valence electrons. The van der Waals surface area contributed by atoms with Crippen molar-refractivity contribution in [3.8, 4) is 5.75 Å². The molecule has 0 bridgehead atoms. The number of methoxy groups -OCH3 is 3. The van der Waals surface area contributed by atoms with Gasteiger partial charge in [0, 0.05) is 17.3 Å². The minimum atomic E-state index is -0.616. The topological polar surface area (TPSA) is 65.1 Å². The van der Waals surface area contributed by atoms with Crippen molar-refractivity contribution in [3.63, 3.8) is 0 Å². The zero-order valence-corrected chi connectivity index (χ0v) is 16.7. The summed E-state index contributed by atoms with van der Waals surface area (Å²) in [6.07, 6.45) is 3.45. The number of thiophene rings is 1. The molecule has 1 aliphatic heterocycles. The number of esters is 2. The number of nitrogens with zero attached hydrogens (tertiary/aromatic N) is 1. The van der Waals surface area contributed by atoms with Crippen LogP contribution in [-0.4, -0.2) is 38.2 Å². The van der Waals surface area contributed by atoms with Crippen molar-refractivity contribution in [1.29, 1.82) is 0 Å². The lowest BCUT2D eigenvalue weighted by Gasteiger charge is -2.30. The van der Waals surface area contributed by atoms with Crippen molar-refractivity contribution in [1.82, 2.24) is 4.90 Å². The van der Waals surface area contributed by atoms with Gasteiger partial charge in [0.1, 0.15) is 5.75 Å². The molecule has 0 saturated carbocycles. The van der Waals surface area contributed by atoms with Gasteiger partial charge in [-0.05, 0) is 29.1 Å². The Bertz CT molecular complexity index is 883. The minimum absolute atomic E-state index is 0.357. The van der Waals surface area contributed by atoms with E-state index in [4.69, 9.17) is 14.2 Å². The van der Waals surface area contributed by atoms with Crippen LogP contribution >= 0.6 is 11.3 Å². The van der Waals surface area contributed by atoms with E-state index in [-0.39, 0.29) is 0 Å². The molecule has 0 N–H and O–H groups in total. The molecule has 0 amide bonds. The van der Waals surface area contributed by atoms with Gasteiger partial charge in [-0.3, -0.25) is 0 Å². The van der Waals surface area contributed by atoms with Crippen LogP contribution in [0.3, 0.4) is 0 Å². The molecule has 1 aromatic heterocycles. The molecule has 7 heteroatoms. The van der Waals surface area contributed by atoms with Crippen LogP contribution in [0, 0.1) is 0 Å². The van der Waals surface area contributed by atoms with Crippen molar-refractivity contribution < 1.29 is 23.8 Å². The average molecular weight is 399 g/mol. The lowest BCUT2D eigenvalue weighted by Crippen LogP contribution is -2.28. The molecule has 0 unspecified atom stereocenters. The highest BCUT2D eigenvalue weighted by molar-refractivity contribution is 7.09. The van der Waals surface area contributed by atoms with Crippen LogP contribution in [0.4, 0.5) is 0 Å². The van der Waals surface area contributed by atoms with Crippen LogP contribution in [0.2, 0.25) is 0 Å². The second kappa shape index (κ2) is 8.75. The third kappa shape index (κ3) is 4.09. The van der Waals surface area contributed by atoms with Gasteiger partial charge in [-0.25, -0.2) is 9.59 Å². The molecule has 0 atom stereocenters. The second-order valence-electron chi connectivity index (χ2n) is 6.11. The first-order valence-corrected chi connectivity index (χ1v) is 9.47. The molecular formula is C21H21NO5S. The fourth-order valence-corrected chi connectivity index (χ4v) is 3.85. The molecular weight excluding hydrogens is 378 g/mol. The van der Waals surface area contributed by atoms with Gasteiger partial charge in [0.15, 0.2) is 0 Å². The predicted octanol–water partition coefficient (Wildman–Crippen LogP) is 3.47. The van der Waals surface area contributed by atoms with E-state index in [1.165, 1.54) is 14.2 Å². The average Bonchev–Trinajstić information content (AvgIpc) is 3.24. The summed E-state index contributed by atoms with van der Waals surface area (Å²) in [4.78, 5) is 28.1. The van der Waals surface area contributed by atoms with Gasteiger partial charge in [-0.2, -0.15) is 0 Å². The molecule has 2 aromatic rings. The number of carbonyl (C=O) groups excluding carboxylic acids is 2. The predicted molar refractivity (Wildman–Crippen MR) is 106 cm³/mol. The Kier molecular flexibility index (Phi) is 6.16. The van der Waals surface area contributed by atoms with Crippen molar-refractivity contribution in [2.75, 3.05) is 21.3 Å². The highest BCUT2D eigenvalue weighted by atomic mass is 32.1. The molecule has 0 aliphatic carbocycles. The molecule has 0 radical (unpaired) electrons. The highest BCUT2D eigenvalue weighted by Gasteiger charge is 2.35. The first-order valence-electron chi connectivity index (χ1n) is 8.59. The molecule has 2 heterocycles. The Labute approximate surface area is 167 Å². The summed E-state index contributed by atoms with van der Waals surface area (Å²) in [5.74, 6) is -0.987. The Hall–Kier alpha value is -3.06. The second-order valence-corrected chi connectivity index (χ2v) is 7.15. The zero-order valence-electron chi connectivity index (χ0n) is 15.9. The van der Waals surface area contributed by atoms with E-state index in [1.807, 2.05) is 29.6 Å². The lowest BCUT2D eigenvalue weighted by molar-refractivity contribution is -0.137. The number of ether oxygens (including phenoxy) is 3. The van der Waals surface area contributed by atoms with Gasteiger partial charge < -0.3 is 19.1 Å². The minimum Gasteiger partial charge on any atom is -0.497 e. The van der Waals surface area contributed by atoms with Gasteiger partial charge in [0.05, 0.1) is 44.9 Å². The number of carbonyl (C=O) groups is 2. The van der Waals surface area contributed by atoms with Crippen molar-refractivity contribution in [2.45, 2.75) is 12.5 Å². The fraction of sp³-hybridized carbons (Fsp3) is 0.238. The molecule has 6 nitrogen and oxygen atoms in total. The Balaban J connectivity index is 2.09. The third-order valence-corrected chi connectivity index (χ3v) is 5.28. The van der Waals surface area contributed by atoms with Crippen LogP contribution < -0.4 is 4.74 Å². The van der Waals surface area contributed by atoms with Crippen molar-refractivity contribution in [3.05, 3.63) is 75.8 Å². The monoisotopic (exact) mass is 399 g/mol. The molecule has 1 aromatic carbocycles. The van der Waals surface area contributed by atoms with Crippen LogP contribution in [0.25, 0.3) is 0 Å². The Morgan fingerprint density at radius 1 is 1.00 bits per heavy atom. The van der Waals surface area contributed by atoms with E-state index >= 15 is 0 Å². The number of hydrogen-bond donors (Lipinski definition) is 0. The number of benzene rings is 1. The van der Waals surface area contributed by atoms with E-state index < -0.39 is 17.9 Å². The van der Waals surface area contributed by atoms with Crippen LogP contribution in [0.1, 0.15) is 16.4 Å². The summed E-state index contributed by atoms with van der Waals surface area (Å²) < 4.78 is 15.3. The Morgan fingerprint density at radius 2 is 1.68 bits per heavy atom. The summed E-state index contributed by atoms with van der Waals surface area (Å²) in [5, 5.41) is 1.98. The fourth-order valence-electron chi connectivity index (χ4n) is 3.14. The summed E-state index contributed by atoms with van der Waals surface area (Å²) in [5.41, 5.74) is 1.45. The zero-order chi connectivity index (χ0) is 20.1. The Morgan fingerprint density at radius 3 is 2.21 bits per heavy atom. The van der Waals surface area contributed by atoms with Crippen LogP contribution in [-0.2, 0) is 25.6 Å². The van der Waals surface area contributed by atoms with E-state index in [2.05, 4.69) is 0 Å². The lowest BCUT2D eigenvalue weighted by atomic mass is 9.83. The van der Waals surface area contributed by atoms with Gasteiger partial charge in [-0.15, -0.1) is 11.3 Å². The maximum absolute atomic E-state index is 12.6. The maximum Gasteiger partial charge on any atom is 0.336 e. The summed E-state index contributed by atoms with van der Waals surface area (Å²) in [7, 11) is 4.22. The largest absolute Gasteiger partial charge is 0.497 e.